The van der Waals surface area contributed by atoms with Crippen molar-refractivity contribution >= 4 is 0 Å². The highest BCUT2D eigenvalue weighted by Crippen LogP contribution is 2.26. The Labute approximate surface area is 107 Å². The third-order valence-electron chi connectivity index (χ3n) is 2.76. The summed E-state index contributed by atoms with van der Waals surface area (Å²) in [5.74, 6) is 1.47. The number of hydrogen-bond donors (Lipinski definition) is 1. The van der Waals surface area contributed by atoms with E-state index >= 15 is 0 Å². The molecule has 0 atom stereocenters. The van der Waals surface area contributed by atoms with Gasteiger partial charge in [0.05, 0.1) is 12.8 Å². The molecule has 0 aliphatic rings. The van der Waals surface area contributed by atoms with Crippen LogP contribution in [0, 0.1) is 6.92 Å². The average Bonchev–Trinajstić information content (AvgIpc) is 2.85. The zero-order valence-corrected chi connectivity index (χ0v) is 11.0. The zero-order chi connectivity index (χ0) is 13.0. The van der Waals surface area contributed by atoms with Crippen LogP contribution < -0.4 is 10.1 Å². The molecule has 0 saturated carbocycles. The SMILES string of the molecule is CCNCc1coc(-c2ccc(C)c(OC)c2)n1. The summed E-state index contributed by atoms with van der Waals surface area (Å²) >= 11 is 0. The van der Waals surface area contributed by atoms with Gasteiger partial charge in [0.15, 0.2) is 0 Å². The topological polar surface area (TPSA) is 47.3 Å². The van der Waals surface area contributed by atoms with E-state index in [-0.39, 0.29) is 0 Å². The Balaban J connectivity index is 2.23. The number of nitrogens with zero attached hydrogens (tertiary/aromatic N) is 1. The maximum atomic E-state index is 5.48. The van der Waals surface area contributed by atoms with E-state index in [4.69, 9.17) is 9.15 Å². The third-order valence-corrected chi connectivity index (χ3v) is 2.76. The Morgan fingerprint density at radius 3 is 2.94 bits per heavy atom. The van der Waals surface area contributed by atoms with E-state index in [0.717, 1.165) is 35.7 Å². The summed E-state index contributed by atoms with van der Waals surface area (Å²) in [6.45, 7) is 5.71. The van der Waals surface area contributed by atoms with Crippen LogP contribution in [0.2, 0.25) is 0 Å². The van der Waals surface area contributed by atoms with Crippen LogP contribution in [0.3, 0.4) is 0 Å². The third kappa shape index (κ3) is 2.71. The highest BCUT2D eigenvalue weighted by molar-refractivity contribution is 5.57. The lowest BCUT2D eigenvalue weighted by molar-refractivity contribution is 0.411. The highest BCUT2D eigenvalue weighted by Gasteiger charge is 2.08. The van der Waals surface area contributed by atoms with E-state index in [0.29, 0.717) is 5.89 Å². The second-order valence-corrected chi connectivity index (χ2v) is 4.11. The molecular weight excluding hydrogens is 228 g/mol. The summed E-state index contributed by atoms with van der Waals surface area (Å²) in [6.07, 6.45) is 1.68. The number of methoxy groups -OCH3 is 1. The predicted molar refractivity (Wildman–Crippen MR) is 70.6 cm³/mol. The van der Waals surface area contributed by atoms with E-state index in [9.17, 15) is 0 Å². The van der Waals surface area contributed by atoms with Crippen molar-refractivity contribution in [2.45, 2.75) is 20.4 Å². The molecule has 0 fully saturated rings. The second kappa shape index (κ2) is 5.69. The number of rotatable bonds is 5. The van der Waals surface area contributed by atoms with Gasteiger partial charge in [-0.15, -0.1) is 0 Å². The van der Waals surface area contributed by atoms with Gasteiger partial charge in [-0.3, -0.25) is 0 Å². The molecular formula is C14H18N2O2. The number of hydrogen-bond acceptors (Lipinski definition) is 4. The van der Waals surface area contributed by atoms with Crippen molar-refractivity contribution in [2.24, 2.45) is 0 Å². The summed E-state index contributed by atoms with van der Waals surface area (Å²) in [5.41, 5.74) is 2.94. The van der Waals surface area contributed by atoms with E-state index in [1.54, 1.807) is 13.4 Å². The van der Waals surface area contributed by atoms with Gasteiger partial charge in [0.1, 0.15) is 12.0 Å². The van der Waals surface area contributed by atoms with Crippen molar-refractivity contribution < 1.29 is 9.15 Å². The molecule has 2 rings (SSSR count). The van der Waals surface area contributed by atoms with E-state index in [1.165, 1.54) is 0 Å². The van der Waals surface area contributed by atoms with Crippen LogP contribution in [0.15, 0.2) is 28.9 Å². The summed E-state index contributed by atoms with van der Waals surface area (Å²) in [4.78, 5) is 4.44. The fraction of sp³-hybridized carbons (Fsp3) is 0.357. The molecule has 18 heavy (non-hydrogen) atoms. The Hall–Kier alpha value is -1.81. The minimum absolute atomic E-state index is 0.626. The van der Waals surface area contributed by atoms with Crippen LogP contribution in [0.25, 0.3) is 11.5 Å². The quantitative estimate of drug-likeness (QED) is 0.881. The van der Waals surface area contributed by atoms with Crippen molar-refractivity contribution in [1.82, 2.24) is 10.3 Å². The number of oxazole rings is 1. The van der Waals surface area contributed by atoms with Crippen molar-refractivity contribution in [1.29, 1.82) is 0 Å². The van der Waals surface area contributed by atoms with Crippen LogP contribution in [0.4, 0.5) is 0 Å². The lowest BCUT2D eigenvalue weighted by atomic mass is 10.1. The smallest absolute Gasteiger partial charge is 0.226 e. The van der Waals surface area contributed by atoms with Gasteiger partial charge in [-0.2, -0.15) is 0 Å². The van der Waals surface area contributed by atoms with Gasteiger partial charge in [0, 0.05) is 12.1 Å². The van der Waals surface area contributed by atoms with Crippen LogP contribution in [0.5, 0.6) is 5.75 Å². The number of nitrogens with one attached hydrogen (secondary N) is 1. The fourth-order valence-electron chi connectivity index (χ4n) is 1.73. The summed E-state index contributed by atoms with van der Waals surface area (Å²) < 4.78 is 10.8. The highest BCUT2D eigenvalue weighted by atomic mass is 16.5. The Morgan fingerprint density at radius 1 is 1.39 bits per heavy atom. The minimum Gasteiger partial charge on any atom is -0.496 e. The first kappa shape index (κ1) is 12.6. The Bertz CT molecular complexity index is 520. The molecule has 2 aromatic rings. The predicted octanol–water partition coefficient (Wildman–Crippen LogP) is 2.77. The van der Waals surface area contributed by atoms with Crippen LogP contribution in [-0.2, 0) is 6.54 Å². The second-order valence-electron chi connectivity index (χ2n) is 4.11. The van der Waals surface area contributed by atoms with Gasteiger partial charge in [-0.05, 0) is 31.2 Å². The van der Waals surface area contributed by atoms with E-state index < -0.39 is 0 Å². The first-order chi connectivity index (χ1) is 8.74. The summed E-state index contributed by atoms with van der Waals surface area (Å²) in [5, 5.41) is 3.21. The average molecular weight is 246 g/mol. The van der Waals surface area contributed by atoms with Crippen molar-refractivity contribution in [3.63, 3.8) is 0 Å². The maximum Gasteiger partial charge on any atom is 0.226 e. The first-order valence-electron chi connectivity index (χ1n) is 6.04. The molecule has 1 aromatic heterocycles. The van der Waals surface area contributed by atoms with Gasteiger partial charge in [0.2, 0.25) is 5.89 Å². The molecule has 0 amide bonds. The lowest BCUT2D eigenvalue weighted by Crippen LogP contribution is -2.11. The molecule has 1 aromatic carbocycles. The molecule has 1 heterocycles. The molecule has 4 heteroatoms. The molecule has 0 spiro atoms. The molecule has 96 valence electrons. The fourth-order valence-corrected chi connectivity index (χ4v) is 1.73. The lowest BCUT2D eigenvalue weighted by Gasteiger charge is -2.05. The molecule has 0 unspecified atom stereocenters. The molecule has 1 N–H and O–H groups in total. The molecule has 0 radical (unpaired) electrons. The first-order valence-corrected chi connectivity index (χ1v) is 6.04. The largest absolute Gasteiger partial charge is 0.496 e. The minimum atomic E-state index is 0.626. The molecule has 0 saturated heterocycles. The molecule has 4 nitrogen and oxygen atoms in total. The zero-order valence-electron chi connectivity index (χ0n) is 11.0. The van der Waals surface area contributed by atoms with Gasteiger partial charge < -0.3 is 14.5 Å². The number of benzene rings is 1. The standard InChI is InChI=1S/C14H18N2O2/c1-4-15-8-12-9-18-14(16-12)11-6-5-10(2)13(7-11)17-3/h5-7,9,15H,4,8H2,1-3H3. The van der Waals surface area contributed by atoms with Crippen LogP contribution >= 0.6 is 0 Å². The number of ether oxygens (including phenoxy) is 1. The summed E-state index contributed by atoms with van der Waals surface area (Å²) in [7, 11) is 1.66. The van der Waals surface area contributed by atoms with Crippen molar-refractivity contribution in [3.8, 4) is 17.2 Å². The van der Waals surface area contributed by atoms with Crippen LogP contribution in [0.1, 0.15) is 18.2 Å². The summed E-state index contributed by atoms with van der Waals surface area (Å²) in [6, 6.07) is 5.93. The van der Waals surface area contributed by atoms with Crippen molar-refractivity contribution in [3.05, 3.63) is 35.7 Å². The van der Waals surface area contributed by atoms with Gasteiger partial charge in [-0.1, -0.05) is 13.0 Å². The van der Waals surface area contributed by atoms with E-state index in [1.807, 2.05) is 25.1 Å². The van der Waals surface area contributed by atoms with Crippen molar-refractivity contribution in [2.75, 3.05) is 13.7 Å². The number of aryl methyl sites for hydroxylation is 1. The maximum absolute atomic E-state index is 5.48. The van der Waals surface area contributed by atoms with Crippen LogP contribution in [-0.4, -0.2) is 18.6 Å². The number of aromatic nitrogens is 1. The normalized spacial score (nSPS) is 10.6. The monoisotopic (exact) mass is 246 g/mol. The molecule has 0 aliphatic heterocycles. The Kier molecular flexibility index (Phi) is 3.99. The molecule has 0 bridgehead atoms. The molecule has 0 aliphatic carbocycles. The van der Waals surface area contributed by atoms with E-state index in [2.05, 4.69) is 17.2 Å². The van der Waals surface area contributed by atoms with Gasteiger partial charge in [-0.25, -0.2) is 4.98 Å². The van der Waals surface area contributed by atoms with Gasteiger partial charge >= 0.3 is 0 Å². The Morgan fingerprint density at radius 2 is 2.22 bits per heavy atom. The van der Waals surface area contributed by atoms with Gasteiger partial charge in [0.25, 0.3) is 0 Å².